The molecule has 1 aromatic rings. The molecule has 4 atom stereocenters. The SMILES string of the molecule is COC1CC(OCc2ccccc2Cl)C2OCC1O2. The Bertz CT molecular complexity index is 439. The van der Waals surface area contributed by atoms with Gasteiger partial charge >= 0.3 is 0 Å². The van der Waals surface area contributed by atoms with E-state index < -0.39 is 0 Å². The van der Waals surface area contributed by atoms with Crippen molar-refractivity contribution in [2.24, 2.45) is 0 Å². The van der Waals surface area contributed by atoms with Crippen molar-refractivity contribution in [2.45, 2.75) is 37.6 Å². The average molecular weight is 285 g/mol. The van der Waals surface area contributed by atoms with Crippen LogP contribution in [0.15, 0.2) is 24.3 Å². The summed E-state index contributed by atoms with van der Waals surface area (Å²) in [5, 5.41) is 0.715. The minimum atomic E-state index is -0.279. The summed E-state index contributed by atoms with van der Waals surface area (Å²) in [5.41, 5.74) is 0.971. The van der Waals surface area contributed by atoms with Gasteiger partial charge in [-0.1, -0.05) is 29.8 Å². The van der Waals surface area contributed by atoms with Crippen molar-refractivity contribution in [1.29, 1.82) is 0 Å². The highest BCUT2D eigenvalue weighted by Gasteiger charge is 2.44. The van der Waals surface area contributed by atoms with E-state index in [1.54, 1.807) is 7.11 Å². The summed E-state index contributed by atoms with van der Waals surface area (Å²) in [6.07, 6.45) is 0.472. The lowest BCUT2D eigenvalue weighted by molar-refractivity contribution is -0.205. The van der Waals surface area contributed by atoms with Crippen LogP contribution in [-0.2, 0) is 25.6 Å². The van der Waals surface area contributed by atoms with Gasteiger partial charge in [-0.05, 0) is 11.6 Å². The quantitative estimate of drug-likeness (QED) is 0.851. The second-order valence-corrected chi connectivity index (χ2v) is 5.23. The highest BCUT2D eigenvalue weighted by atomic mass is 35.5. The zero-order valence-electron chi connectivity index (χ0n) is 10.8. The zero-order chi connectivity index (χ0) is 13.2. The summed E-state index contributed by atoms with van der Waals surface area (Å²) < 4.78 is 22.6. The van der Waals surface area contributed by atoms with E-state index in [1.807, 2.05) is 24.3 Å². The van der Waals surface area contributed by atoms with Crippen LogP contribution in [0.1, 0.15) is 12.0 Å². The lowest BCUT2D eigenvalue weighted by Crippen LogP contribution is -2.44. The van der Waals surface area contributed by atoms with Gasteiger partial charge in [-0.2, -0.15) is 0 Å². The van der Waals surface area contributed by atoms with Crippen LogP contribution in [-0.4, -0.2) is 38.3 Å². The van der Waals surface area contributed by atoms with Crippen LogP contribution < -0.4 is 0 Å². The lowest BCUT2D eigenvalue weighted by Gasteiger charge is -2.32. The van der Waals surface area contributed by atoms with E-state index in [0.717, 1.165) is 12.0 Å². The van der Waals surface area contributed by atoms with Gasteiger partial charge in [0.25, 0.3) is 0 Å². The number of fused-ring (bicyclic) bond motifs is 2. The van der Waals surface area contributed by atoms with E-state index in [4.69, 9.17) is 30.5 Å². The molecular weight excluding hydrogens is 268 g/mol. The Kier molecular flexibility index (Phi) is 4.05. The number of hydrogen-bond acceptors (Lipinski definition) is 4. The average Bonchev–Trinajstić information content (AvgIpc) is 2.85. The first-order valence-corrected chi connectivity index (χ1v) is 6.80. The monoisotopic (exact) mass is 284 g/mol. The van der Waals surface area contributed by atoms with Gasteiger partial charge in [0.05, 0.1) is 19.3 Å². The van der Waals surface area contributed by atoms with Crippen molar-refractivity contribution in [3.8, 4) is 0 Å². The fraction of sp³-hybridized carbons (Fsp3) is 0.571. The molecule has 0 radical (unpaired) electrons. The van der Waals surface area contributed by atoms with Gasteiger partial charge < -0.3 is 18.9 Å². The Labute approximate surface area is 117 Å². The molecule has 2 saturated heterocycles. The van der Waals surface area contributed by atoms with Crippen LogP contribution in [0.4, 0.5) is 0 Å². The van der Waals surface area contributed by atoms with E-state index in [0.29, 0.717) is 18.2 Å². The Morgan fingerprint density at radius 1 is 1.32 bits per heavy atom. The predicted molar refractivity (Wildman–Crippen MR) is 70.1 cm³/mol. The van der Waals surface area contributed by atoms with Crippen molar-refractivity contribution in [3.63, 3.8) is 0 Å². The Hall–Kier alpha value is -0.650. The molecule has 2 bridgehead atoms. The molecule has 19 heavy (non-hydrogen) atoms. The summed E-state index contributed by atoms with van der Waals surface area (Å²) in [4.78, 5) is 0. The maximum absolute atomic E-state index is 6.11. The minimum absolute atomic E-state index is 0.0370. The molecule has 104 valence electrons. The van der Waals surface area contributed by atoms with E-state index in [-0.39, 0.29) is 24.6 Å². The zero-order valence-corrected chi connectivity index (χ0v) is 11.5. The van der Waals surface area contributed by atoms with E-state index in [2.05, 4.69) is 0 Å². The summed E-state index contributed by atoms with van der Waals surface area (Å²) in [7, 11) is 1.69. The van der Waals surface area contributed by atoms with Gasteiger partial charge in [-0.3, -0.25) is 0 Å². The van der Waals surface area contributed by atoms with Gasteiger partial charge in [0.15, 0.2) is 6.29 Å². The first kappa shape index (κ1) is 13.3. The normalized spacial score (nSPS) is 33.6. The number of halogens is 1. The number of rotatable bonds is 4. The van der Waals surface area contributed by atoms with Gasteiger partial charge in [-0.25, -0.2) is 0 Å². The summed E-state index contributed by atoms with van der Waals surface area (Å²) >= 11 is 6.11. The van der Waals surface area contributed by atoms with Crippen molar-refractivity contribution < 1.29 is 18.9 Å². The third kappa shape index (κ3) is 2.78. The first-order valence-electron chi connectivity index (χ1n) is 6.43. The number of methoxy groups -OCH3 is 1. The third-order valence-corrected chi connectivity index (χ3v) is 4.00. The number of ether oxygens (including phenoxy) is 4. The van der Waals surface area contributed by atoms with Crippen molar-refractivity contribution in [1.82, 2.24) is 0 Å². The van der Waals surface area contributed by atoms with Gasteiger partial charge in [0, 0.05) is 18.6 Å². The standard InChI is InChI=1S/C14H17ClO4/c1-16-11-6-12(14-18-8-13(11)19-14)17-7-9-4-2-3-5-10(9)15/h2-5,11-14H,6-8H2,1H3. The summed E-state index contributed by atoms with van der Waals surface area (Å²) in [6, 6.07) is 7.67. The minimum Gasteiger partial charge on any atom is -0.379 e. The van der Waals surface area contributed by atoms with Crippen molar-refractivity contribution in [2.75, 3.05) is 13.7 Å². The lowest BCUT2D eigenvalue weighted by atomic mass is 10.0. The second kappa shape index (κ2) is 5.77. The van der Waals surface area contributed by atoms with E-state index >= 15 is 0 Å². The molecule has 0 amide bonds. The van der Waals surface area contributed by atoms with Gasteiger partial charge in [-0.15, -0.1) is 0 Å². The van der Waals surface area contributed by atoms with Crippen LogP contribution in [0.3, 0.4) is 0 Å². The molecule has 0 aromatic heterocycles. The fourth-order valence-electron chi connectivity index (χ4n) is 2.53. The van der Waals surface area contributed by atoms with Crippen molar-refractivity contribution >= 4 is 11.6 Å². The molecule has 0 aliphatic carbocycles. The third-order valence-electron chi connectivity index (χ3n) is 3.63. The predicted octanol–water partition coefficient (Wildman–Crippen LogP) is 2.39. The molecule has 0 saturated carbocycles. The molecule has 2 fully saturated rings. The Morgan fingerprint density at radius 2 is 2.16 bits per heavy atom. The Morgan fingerprint density at radius 3 is 2.95 bits per heavy atom. The van der Waals surface area contributed by atoms with Crippen LogP contribution in [0.25, 0.3) is 0 Å². The molecule has 1 aromatic carbocycles. The highest BCUT2D eigenvalue weighted by Crippen LogP contribution is 2.31. The largest absolute Gasteiger partial charge is 0.379 e. The fourth-order valence-corrected chi connectivity index (χ4v) is 2.72. The maximum Gasteiger partial charge on any atom is 0.184 e. The molecule has 2 aliphatic rings. The highest BCUT2D eigenvalue weighted by molar-refractivity contribution is 6.31. The molecule has 5 heteroatoms. The number of benzene rings is 1. The van der Waals surface area contributed by atoms with Crippen LogP contribution >= 0.6 is 11.6 Å². The Balaban J connectivity index is 1.62. The molecule has 4 nitrogen and oxygen atoms in total. The van der Waals surface area contributed by atoms with Crippen LogP contribution in [0.5, 0.6) is 0 Å². The van der Waals surface area contributed by atoms with E-state index in [1.165, 1.54) is 0 Å². The molecular formula is C14H17ClO4. The molecule has 0 N–H and O–H groups in total. The van der Waals surface area contributed by atoms with Crippen molar-refractivity contribution in [3.05, 3.63) is 34.9 Å². The van der Waals surface area contributed by atoms with E-state index in [9.17, 15) is 0 Å². The molecule has 3 rings (SSSR count). The number of hydrogen-bond donors (Lipinski definition) is 0. The first-order chi connectivity index (χ1) is 9.28. The molecule has 2 aliphatic heterocycles. The molecule has 0 spiro atoms. The molecule has 2 heterocycles. The maximum atomic E-state index is 6.11. The summed E-state index contributed by atoms with van der Waals surface area (Å²) in [5.74, 6) is 0. The van der Waals surface area contributed by atoms with Gasteiger partial charge in [0.2, 0.25) is 0 Å². The second-order valence-electron chi connectivity index (χ2n) is 4.83. The molecule has 4 unspecified atom stereocenters. The summed E-state index contributed by atoms with van der Waals surface area (Å²) in [6.45, 7) is 1.03. The smallest absolute Gasteiger partial charge is 0.184 e. The van der Waals surface area contributed by atoms with Gasteiger partial charge in [0.1, 0.15) is 12.2 Å². The van der Waals surface area contributed by atoms with Crippen LogP contribution in [0, 0.1) is 0 Å². The van der Waals surface area contributed by atoms with Crippen LogP contribution in [0.2, 0.25) is 5.02 Å². The topological polar surface area (TPSA) is 36.9 Å².